The van der Waals surface area contributed by atoms with Gasteiger partial charge < -0.3 is 15.2 Å². The molecule has 3 aromatic rings. The van der Waals surface area contributed by atoms with Crippen LogP contribution in [0.5, 0.6) is 0 Å². The number of aryl methyl sites for hydroxylation is 2. The summed E-state index contributed by atoms with van der Waals surface area (Å²) in [6.45, 7) is 4.69. The van der Waals surface area contributed by atoms with Crippen molar-refractivity contribution < 1.29 is 0 Å². The molecule has 0 saturated heterocycles. The van der Waals surface area contributed by atoms with Gasteiger partial charge in [0.15, 0.2) is 0 Å². The monoisotopic (exact) mass is 302 g/mol. The zero-order valence-electron chi connectivity index (χ0n) is 12.6. The first-order valence-electron chi connectivity index (χ1n) is 6.72. The van der Waals surface area contributed by atoms with Crippen LogP contribution in [0, 0.1) is 13.8 Å². The van der Waals surface area contributed by atoms with Crippen molar-refractivity contribution in [3.05, 3.63) is 27.8 Å². The van der Waals surface area contributed by atoms with Crippen LogP contribution >= 0.6 is 11.3 Å². The number of H-pyrrole nitrogens is 1. The molecule has 0 saturated carbocycles. The van der Waals surface area contributed by atoms with E-state index in [4.69, 9.17) is 0 Å². The Morgan fingerprint density at radius 2 is 2.05 bits per heavy atom. The molecule has 0 unspecified atom stereocenters. The summed E-state index contributed by atoms with van der Waals surface area (Å²) in [6.07, 6.45) is 0. The number of thiazole rings is 1. The van der Waals surface area contributed by atoms with E-state index >= 15 is 0 Å². The zero-order chi connectivity index (χ0) is 15.0. The molecule has 3 aromatic heterocycles. The minimum atomic E-state index is 0.660. The second-order valence-corrected chi connectivity index (χ2v) is 6.25. The number of fused-ring (bicyclic) bond motifs is 1. The molecule has 6 nitrogen and oxygen atoms in total. The van der Waals surface area contributed by atoms with Gasteiger partial charge >= 0.3 is 0 Å². The van der Waals surface area contributed by atoms with Gasteiger partial charge in [-0.3, -0.25) is 0 Å². The van der Waals surface area contributed by atoms with Crippen molar-refractivity contribution in [3.63, 3.8) is 0 Å². The van der Waals surface area contributed by atoms with Crippen LogP contribution in [0.4, 0.5) is 11.8 Å². The fourth-order valence-electron chi connectivity index (χ4n) is 2.13. The van der Waals surface area contributed by atoms with Gasteiger partial charge in [-0.15, -0.1) is 11.3 Å². The number of nitrogens with zero attached hydrogens (tertiary/aromatic N) is 4. The fourth-order valence-corrected chi connectivity index (χ4v) is 2.74. The van der Waals surface area contributed by atoms with E-state index in [9.17, 15) is 0 Å². The van der Waals surface area contributed by atoms with Gasteiger partial charge in [-0.05, 0) is 19.9 Å². The molecule has 0 aliphatic heterocycles. The van der Waals surface area contributed by atoms with Gasteiger partial charge in [0.2, 0.25) is 5.95 Å². The lowest BCUT2D eigenvalue weighted by molar-refractivity contribution is 0.991. The molecular formula is C14H18N6S. The maximum Gasteiger partial charge on any atom is 0.228 e. The first-order chi connectivity index (χ1) is 10.0. The van der Waals surface area contributed by atoms with Gasteiger partial charge in [0.25, 0.3) is 0 Å². The normalized spacial score (nSPS) is 11.0. The van der Waals surface area contributed by atoms with E-state index in [1.54, 1.807) is 11.3 Å². The Hall–Kier alpha value is -2.15. The number of aromatic amines is 1. The van der Waals surface area contributed by atoms with Crippen LogP contribution in [-0.2, 0) is 6.54 Å². The Kier molecular flexibility index (Phi) is 3.50. The second kappa shape index (κ2) is 5.33. The summed E-state index contributed by atoms with van der Waals surface area (Å²) >= 11 is 1.66. The van der Waals surface area contributed by atoms with Crippen LogP contribution in [-0.4, -0.2) is 34.0 Å². The minimum absolute atomic E-state index is 0.660. The summed E-state index contributed by atoms with van der Waals surface area (Å²) in [5.74, 6) is 1.51. The van der Waals surface area contributed by atoms with Crippen LogP contribution in [0.1, 0.15) is 16.4 Å². The van der Waals surface area contributed by atoms with Gasteiger partial charge in [0.05, 0.1) is 22.6 Å². The lowest BCUT2D eigenvalue weighted by Crippen LogP contribution is -2.14. The summed E-state index contributed by atoms with van der Waals surface area (Å²) in [5, 5.41) is 7.52. The molecule has 21 heavy (non-hydrogen) atoms. The number of rotatable bonds is 4. The Morgan fingerprint density at radius 3 is 2.71 bits per heavy atom. The predicted octanol–water partition coefficient (Wildman–Crippen LogP) is 2.71. The quantitative estimate of drug-likeness (QED) is 0.775. The molecule has 110 valence electrons. The van der Waals surface area contributed by atoms with E-state index in [1.165, 1.54) is 0 Å². The van der Waals surface area contributed by atoms with Crippen molar-refractivity contribution in [1.29, 1.82) is 0 Å². The predicted molar refractivity (Wildman–Crippen MR) is 87.1 cm³/mol. The third kappa shape index (κ3) is 2.82. The van der Waals surface area contributed by atoms with Gasteiger partial charge in [-0.2, -0.15) is 9.97 Å². The van der Waals surface area contributed by atoms with Crippen LogP contribution in [0.25, 0.3) is 11.0 Å². The second-order valence-electron chi connectivity index (χ2n) is 5.19. The Balaban J connectivity index is 1.95. The highest BCUT2D eigenvalue weighted by atomic mass is 32.1. The van der Waals surface area contributed by atoms with Crippen LogP contribution < -0.4 is 10.2 Å². The van der Waals surface area contributed by atoms with Crippen molar-refractivity contribution in [2.24, 2.45) is 0 Å². The fraction of sp³-hybridized carbons (Fsp3) is 0.357. The summed E-state index contributed by atoms with van der Waals surface area (Å²) in [6, 6.07) is 2.06. The first kappa shape index (κ1) is 13.8. The van der Waals surface area contributed by atoms with Crippen molar-refractivity contribution in [2.45, 2.75) is 20.4 Å². The molecule has 0 aromatic carbocycles. The van der Waals surface area contributed by atoms with E-state index < -0.39 is 0 Å². The highest BCUT2D eigenvalue weighted by Crippen LogP contribution is 2.24. The van der Waals surface area contributed by atoms with Gasteiger partial charge in [-0.25, -0.2) is 4.98 Å². The number of hydrogen-bond acceptors (Lipinski definition) is 6. The molecule has 2 N–H and O–H groups in total. The highest BCUT2D eigenvalue weighted by molar-refractivity contribution is 7.09. The summed E-state index contributed by atoms with van der Waals surface area (Å²) in [4.78, 5) is 18.7. The SMILES string of the molecule is Cc1cc2c(NCc3csc(C)n3)nc(N(C)C)nc2[nH]1. The molecule has 0 aliphatic carbocycles. The average Bonchev–Trinajstić information content (AvgIpc) is 3.00. The van der Waals surface area contributed by atoms with E-state index in [-0.39, 0.29) is 0 Å². The minimum Gasteiger partial charge on any atom is -0.364 e. The molecule has 0 bridgehead atoms. The molecule has 0 fully saturated rings. The van der Waals surface area contributed by atoms with Crippen molar-refractivity contribution in [3.8, 4) is 0 Å². The van der Waals surface area contributed by atoms with E-state index in [1.807, 2.05) is 32.8 Å². The smallest absolute Gasteiger partial charge is 0.228 e. The highest BCUT2D eigenvalue weighted by Gasteiger charge is 2.11. The number of anilines is 2. The number of hydrogen-bond donors (Lipinski definition) is 2. The molecule has 0 radical (unpaired) electrons. The van der Waals surface area contributed by atoms with Crippen molar-refractivity contribution in [1.82, 2.24) is 19.9 Å². The van der Waals surface area contributed by atoms with Crippen LogP contribution in [0.2, 0.25) is 0 Å². The average molecular weight is 302 g/mol. The summed E-state index contributed by atoms with van der Waals surface area (Å²) < 4.78 is 0. The van der Waals surface area contributed by atoms with E-state index in [2.05, 4.69) is 36.7 Å². The van der Waals surface area contributed by atoms with Gasteiger partial charge in [0, 0.05) is 25.2 Å². The Labute approximate surface area is 127 Å². The molecule has 7 heteroatoms. The first-order valence-corrected chi connectivity index (χ1v) is 7.60. The van der Waals surface area contributed by atoms with Gasteiger partial charge in [-0.1, -0.05) is 0 Å². The Bertz CT molecular complexity index is 773. The summed E-state index contributed by atoms with van der Waals surface area (Å²) in [7, 11) is 3.87. The molecular weight excluding hydrogens is 284 g/mol. The third-order valence-corrected chi connectivity index (χ3v) is 3.94. The maximum atomic E-state index is 4.59. The molecule has 3 heterocycles. The number of nitrogens with one attached hydrogen (secondary N) is 2. The Morgan fingerprint density at radius 1 is 1.24 bits per heavy atom. The topological polar surface area (TPSA) is 69.7 Å². The third-order valence-electron chi connectivity index (χ3n) is 3.11. The molecule has 0 atom stereocenters. The maximum absolute atomic E-state index is 4.59. The van der Waals surface area contributed by atoms with Crippen LogP contribution in [0.15, 0.2) is 11.4 Å². The van der Waals surface area contributed by atoms with Gasteiger partial charge in [0.1, 0.15) is 11.5 Å². The van der Waals surface area contributed by atoms with Crippen molar-refractivity contribution >= 4 is 34.1 Å². The molecule has 3 rings (SSSR count). The molecule has 0 aliphatic rings. The zero-order valence-corrected chi connectivity index (χ0v) is 13.4. The lowest BCUT2D eigenvalue weighted by atomic mass is 10.3. The lowest BCUT2D eigenvalue weighted by Gasteiger charge is -2.12. The van der Waals surface area contributed by atoms with Crippen LogP contribution in [0.3, 0.4) is 0 Å². The largest absolute Gasteiger partial charge is 0.364 e. The van der Waals surface area contributed by atoms with Crippen molar-refractivity contribution in [2.75, 3.05) is 24.3 Å². The standard InChI is InChI=1S/C14H18N6S/c1-8-5-11-12(15-6-10-7-21-9(2)17-10)18-14(20(3)4)19-13(11)16-8/h5,7H,6H2,1-4H3,(H2,15,16,18,19). The molecule has 0 spiro atoms. The molecule has 0 amide bonds. The number of aromatic nitrogens is 4. The van der Waals surface area contributed by atoms with E-state index in [0.29, 0.717) is 12.5 Å². The summed E-state index contributed by atoms with van der Waals surface area (Å²) in [5.41, 5.74) is 2.95. The van der Waals surface area contributed by atoms with E-state index in [0.717, 1.165) is 33.2 Å².